The number of nitrogens with zero attached hydrogens (tertiary/aromatic N) is 1. The van der Waals surface area contributed by atoms with Gasteiger partial charge in [-0.15, -0.1) is 0 Å². The highest BCUT2D eigenvalue weighted by molar-refractivity contribution is 5.15. The van der Waals surface area contributed by atoms with E-state index in [2.05, 4.69) is 54.3 Å². The molecule has 1 fully saturated rings. The highest BCUT2D eigenvalue weighted by Crippen LogP contribution is 2.20. The van der Waals surface area contributed by atoms with Gasteiger partial charge in [-0.25, -0.2) is 0 Å². The van der Waals surface area contributed by atoms with Crippen LogP contribution < -0.4 is 0 Å². The minimum absolute atomic E-state index is 0.652. The average molecular weight is 215 g/mol. The van der Waals surface area contributed by atoms with Gasteiger partial charge >= 0.3 is 0 Å². The van der Waals surface area contributed by atoms with Crippen molar-refractivity contribution in [3.63, 3.8) is 0 Å². The summed E-state index contributed by atoms with van der Waals surface area (Å²) in [5, 5.41) is 0. The molecule has 1 aliphatic rings. The zero-order valence-electron chi connectivity index (χ0n) is 10.1. The summed E-state index contributed by atoms with van der Waals surface area (Å²) in [6.07, 6.45) is 8.58. The van der Waals surface area contributed by atoms with Crippen LogP contribution in [0.4, 0.5) is 0 Å². The van der Waals surface area contributed by atoms with Gasteiger partial charge in [0.05, 0.1) is 0 Å². The van der Waals surface area contributed by atoms with Gasteiger partial charge in [0.1, 0.15) is 0 Å². The van der Waals surface area contributed by atoms with Gasteiger partial charge in [-0.1, -0.05) is 48.9 Å². The Morgan fingerprint density at radius 1 is 1.25 bits per heavy atom. The molecule has 1 aromatic rings. The van der Waals surface area contributed by atoms with Gasteiger partial charge < -0.3 is 0 Å². The molecule has 1 heteroatoms. The van der Waals surface area contributed by atoms with Gasteiger partial charge in [0.15, 0.2) is 0 Å². The van der Waals surface area contributed by atoms with Crippen molar-refractivity contribution in [3.05, 3.63) is 48.0 Å². The Hall–Kier alpha value is -1.08. The monoisotopic (exact) mass is 215 g/mol. The Bertz CT molecular complexity index is 329. The van der Waals surface area contributed by atoms with Gasteiger partial charge in [0.25, 0.3) is 0 Å². The first-order valence-corrected chi connectivity index (χ1v) is 6.31. The van der Waals surface area contributed by atoms with Gasteiger partial charge in [-0.2, -0.15) is 0 Å². The molecule has 1 saturated heterocycles. The molecule has 16 heavy (non-hydrogen) atoms. The third-order valence-electron chi connectivity index (χ3n) is 3.31. The zero-order valence-corrected chi connectivity index (χ0v) is 10.1. The number of hydrogen-bond donors (Lipinski definition) is 0. The predicted octanol–water partition coefficient (Wildman–Crippen LogP) is 3.62. The summed E-state index contributed by atoms with van der Waals surface area (Å²) in [6, 6.07) is 11.4. The SMILES string of the molecule is C/C=C/[C@H]1CCCCN1Cc1ccccc1. The van der Waals surface area contributed by atoms with E-state index in [0.717, 1.165) is 6.54 Å². The van der Waals surface area contributed by atoms with Crippen LogP contribution in [0, 0.1) is 0 Å². The van der Waals surface area contributed by atoms with Crippen molar-refractivity contribution < 1.29 is 0 Å². The van der Waals surface area contributed by atoms with E-state index in [-0.39, 0.29) is 0 Å². The Kier molecular flexibility index (Phi) is 4.17. The van der Waals surface area contributed by atoms with Crippen LogP contribution in [0.5, 0.6) is 0 Å². The van der Waals surface area contributed by atoms with Gasteiger partial charge in [-0.05, 0) is 31.9 Å². The molecular formula is C15H21N. The maximum atomic E-state index is 2.60. The van der Waals surface area contributed by atoms with E-state index in [9.17, 15) is 0 Å². The fraction of sp³-hybridized carbons (Fsp3) is 0.467. The molecule has 86 valence electrons. The van der Waals surface area contributed by atoms with Crippen LogP contribution in [0.1, 0.15) is 31.7 Å². The lowest BCUT2D eigenvalue weighted by Crippen LogP contribution is -2.37. The molecule has 2 rings (SSSR count). The number of likely N-dealkylation sites (tertiary alicyclic amines) is 1. The first-order chi connectivity index (χ1) is 7.90. The molecule has 0 unspecified atom stereocenters. The number of allylic oxidation sites excluding steroid dienone is 1. The standard InChI is InChI=1S/C15H21N/c1-2-8-15-11-6-7-12-16(15)13-14-9-4-3-5-10-14/h2-5,8-10,15H,6-7,11-13H2,1H3/b8-2+/t15-/m0/s1. The molecule has 0 saturated carbocycles. The second kappa shape index (κ2) is 5.86. The minimum Gasteiger partial charge on any atom is -0.293 e. The van der Waals surface area contributed by atoms with Crippen LogP contribution >= 0.6 is 0 Å². The Labute approximate surface area is 98.8 Å². The predicted molar refractivity (Wildman–Crippen MR) is 69.3 cm³/mol. The lowest BCUT2D eigenvalue weighted by molar-refractivity contribution is 0.171. The lowest BCUT2D eigenvalue weighted by Gasteiger charge is -2.34. The molecule has 1 nitrogen and oxygen atoms in total. The Balaban J connectivity index is 2.01. The second-order valence-electron chi connectivity index (χ2n) is 4.54. The number of piperidine rings is 1. The molecule has 0 N–H and O–H groups in total. The highest BCUT2D eigenvalue weighted by atomic mass is 15.2. The maximum absolute atomic E-state index is 2.60. The van der Waals surface area contributed by atoms with E-state index in [0.29, 0.717) is 6.04 Å². The molecule has 1 aromatic carbocycles. The second-order valence-corrected chi connectivity index (χ2v) is 4.54. The van der Waals surface area contributed by atoms with Crippen molar-refractivity contribution in [2.75, 3.05) is 6.54 Å². The quantitative estimate of drug-likeness (QED) is 0.696. The summed E-state index contributed by atoms with van der Waals surface area (Å²) < 4.78 is 0. The third kappa shape index (κ3) is 2.96. The molecule has 0 spiro atoms. The van der Waals surface area contributed by atoms with Gasteiger partial charge in [0, 0.05) is 12.6 Å². The summed E-state index contributed by atoms with van der Waals surface area (Å²) in [5.74, 6) is 0. The molecule has 1 aliphatic heterocycles. The largest absolute Gasteiger partial charge is 0.293 e. The average Bonchev–Trinajstić information content (AvgIpc) is 2.33. The third-order valence-corrected chi connectivity index (χ3v) is 3.31. The zero-order chi connectivity index (χ0) is 11.2. The lowest BCUT2D eigenvalue weighted by atomic mass is 10.0. The van der Waals surface area contributed by atoms with E-state index in [1.165, 1.54) is 31.4 Å². The van der Waals surface area contributed by atoms with Crippen LogP contribution in [-0.4, -0.2) is 17.5 Å². The van der Waals surface area contributed by atoms with Crippen LogP contribution in [0.2, 0.25) is 0 Å². The van der Waals surface area contributed by atoms with Crippen molar-refractivity contribution in [3.8, 4) is 0 Å². The number of hydrogen-bond acceptors (Lipinski definition) is 1. The summed E-state index contributed by atoms with van der Waals surface area (Å²) in [6.45, 7) is 4.45. The van der Waals surface area contributed by atoms with E-state index in [1.807, 2.05) is 0 Å². The Morgan fingerprint density at radius 3 is 2.81 bits per heavy atom. The van der Waals surface area contributed by atoms with Crippen LogP contribution in [0.15, 0.2) is 42.5 Å². The van der Waals surface area contributed by atoms with E-state index in [1.54, 1.807) is 0 Å². The molecule has 0 aliphatic carbocycles. The van der Waals surface area contributed by atoms with Crippen molar-refractivity contribution in [1.82, 2.24) is 4.90 Å². The van der Waals surface area contributed by atoms with Crippen LogP contribution in [0.3, 0.4) is 0 Å². The normalized spacial score (nSPS) is 22.7. The van der Waals surface area contributed by atoms with Crippen molar-refractivity contribution in [2.24, 2.45) is 0 Å². The van der Waals surface area contributed by atoms with Crippen molar-refractivity contribution >= 4 is 0 Å². The maximum Gasteiger partial charge on any atom is 0.0281 e. The summed E-state index contributed by atoms with van der Waals surface area (Å²) in [5.41, 5.74) is 1.43. The summed E-state index contributed by atoms with van der Waals surface area (Å²) >= 11 is 0. The summed E-state index contributed by atoms with van der Waals surface area (Å²) in [4.78, 5) is 2.60. The molecular weight excluding hydrogens is 194 g/mol. The van der Waals surface area contributed by atoms with Crippen molar-refractivity contribution in [1.29, 1.82) is 0 Å². The van der Waals surface area contributed by atoms with Gasteiger partial charge in [0.2, 0.25) is 0 Å². The highest BCUT2D eigenvalue weighted by Gasteiger charge is 2.19. The topological polar surface area (TPSA) is 3.24 Å². The first kappa shape index (κ1) is 11.4. The molecule has 0 amide bonds. The molecule has 0 radical (unpaired) electrons. The summed E-state index contributed by atoms with van der Waals surface area (Å²) in [7, 11) is 0. The molecule has 0 aromatic heterocycles. The minimum atomic E-state index is 0.652. The molecule has 1 atom stereocenters. The van der Waals surface area contributed by atoms with E-state index >= 15 is 0 Å². The number of rotatable bonds is 3. The molecule has 1 heterocycles. The fourth-order valence-corrected chi connectivity index (χ4v) is 2.47. The first-order valence-electron chi connectivity index (χ1n) is 6.31. The fourth-order valence-electron chi connectivity index (χ4n) is 2.47. The van der Waals surface area contributed by atoms with Crippen LogP contribution in [0.25, 0.3) is 0 Å². The van der Waals surface area contributed by atoms with Crippen molar-refractivity contribution in [2.45, 2.75) is 38.8 Å². The van der Waals surface area contributed by atoms with E-state index in [4.69, 9.17) is 0 Å². The van der Waals surface area contributed by atoms with Crippen LogP contribution in [-0.2, 0) is 6.54 Å². The smallest absolute Gasteiger partial charge is 0.0281 e. The van der Waals surface area contributed by atoms with E-state index < -0.39 is 0 Å². The molecule has 0 bridgehead atoms. The Morgan fingerprint density at radius 2 is 2.06 bits per heavy atom. The van der Waals surface area contributed by atoms with Gasteiger partial charge in [-0.3, -0.25) is 4.90 Å². The number of benzene rings is 1.